The molecule has 0 saturated carbocycles. The number of imidazole rings is 1. The molecule has 0 bridgehead atoms. The average Bonchev–Trinajstić information content (AvgIpc) is 3.16. The first kappa shape index (κ1) is 18.1. The number of hydrogen-bond acceptors (Lipinski definition) is 3. The lowest BCUT2D eigenvalue weighted by Gasteiger charge is -2.24. The Hall–Kier alpha value is -3.23. The molecule has 2 amide bonds. The number of carbonyl (C=O) groups is 1. The van der Waals surface area contributed by atoms with Gasteiger partial charge in [0.25, 0.3) is 0 Å². The predicted octanol–water partition coefficient (Wildman–Crippen LogP) is 3.10. The van der Waals surface area contributed by atoms with E-state index < -0.39 is 11.6 Å². The molecule has 7 nitrogen and oxygen atoms in total. The topological polar surface area (TPSA) is 76.8 Å². The molecule has 1 atom stereocenters. The smallest absolute Gasteiger partial charge is 0.320 e. The number of amides is 2. The van der Waals surface area contributed by atoms with E-state index in [0.717, 1.165) is 36.5 Å². The Morgan fingerprint density at radius 1 is 1.25 bits per heavy atom. The first-order valence-electron chi connectivity index (χ1n) is 9.01. The van der Waals surface area contributed by atoms with Crippen LogP contribution in [-0.4, -0.2) is 31.4 Å². The molecule has 1 aliphatic rings. The standard InChI is InChI=1S/C19H20F2N6O/c1-11-9-26-10-14(4-6-18(26)22-11)23-19(28)24-17-7-12(2)27(25-17)16-5-3-13(20)8-15(16)21/h3,5,7-9,14H,4,6,10H2,1-2H3,(H2,23,24,25,28). The molecule has 1 unspecified atom stereocenters. The number of halogens is 2. The Kier molecular flexibility index (Phi) is 4.58. The monoisotopic (exact) mass is 386 g/mol. The van der Waals surface area contributed by atoms with E-state index in [0.29, 0.717) is 12.2 Å². The number of benzene rings is 1. The third-order valence-electron chi connectivity index (χ3n) is 4.72. The van der Waals surface area contributed by atoms with Gasteiger partial charge in [-0.05, 0) is 32.4 Å². The Labute approximate surface area is 160 Å². The number of nitrogens with zero attached hydrogens (tertiary/aromatic N) is 4. The van der Waals surface area contributed by atoms with Crippen LogP contribution in [-0.2, 0) is 13.0 Å². The molecule has 1 aliphatic heterocycles. The van der Waals surface area contributed by atoms with E-state index in [1.165, 1.54) is 10.7 Å². The molecule has 2 N–H and O–H groups in total. The summed E-state index contributed by atoms with van der Waals surface area (Å²) in [6.07, 6.45) is 3.58. The SMILES string of the molecule is Cc1cn2c(n1)CCC(NC(=O)Nc1cc(C)n(-c3ccc(F)cc3F)n1)C2. The normalized spacial score (nSPS) is 15.9. The number of carbonyl (C=O) groups excluding carboxylic acids is 1. The number of nitrogens with one attached hydrogen (secondary N) is 2. The minimum Gasteiger partial charge on any atom is -0.333 e. The van der Waals surface area contributed by atoms with Crippen molar-refractivity contribution in [1.29, 1.82) is 0 Å². The van der Waals surface area contributed by atoms with Gasteiger partial charge in [0.1, 0.15) is 17.3 Å². The second-order valence-electron chi connectivity index (χ2n) is 6.96. The number of anilines is 1. The van der Waals surface area contributed by atoms with E-state index in [1.54, 1.807) is 13.0 Å². The lowest BCUT2D eigenvalue weighted by molar-refractivity contribution is 0.244. The zero-order valence-corrected chi connectivity index (χ0v) is 15.5. The van der Waals surface area contributed by atoms with Gasteiger partial charge in [-0.2, -0.15) is 0 Å². The Morgan fingerprint density at radius 2 is 2.07 bits per heavy atom. The molecule has 0 radical (unpaired) electrons. The van der Waals surface area contributed by atoms with Gasteiger partial charge in [-0.25, -0.2) is 23.2 Å². The highest BCUT2D eigenvalue weighted by atomic mass is 19.1. The summed E-state index contributed by atoms with van der Waals surface area (Å²) in [6, 6.07) is 4.50. The van der Waals surface area contributed by atoms with Gasteiger partial charge in [0.15, 0.2) is 11.6 Å². The Morgan fingerprint density at radius 3 is 2.86 bits per heavy atom. The van der Waals surface area contributed by atoms with E-state index in [2.05, 4.69) is 25.3 Å². The summed E-state index contributed by atoms with van der Waals surface area (Å²) >= 11 is 0. The van der Waals surface area contributed by atoms with E-state index >= 15 is 0 Å². The molecule has 28 heavy (non-hydrogen) atoms. The van der Waals surface area contributed by atoms with Gasteiger partial charge < -0.3 is 9.88 Å². The summed E-state index contributed by atoms with van der Waals surface area (Å²) in [6.45, 7) is 4.34. The third-order valence-corrected chi connectivity index (χ3v) is 4.72. The third kappa shape index (κ3) is 3.60. The highest BCUT2D eigenvalue weighted by Gasteiger charge is 2.21. The minimum absolute atomic E-state index is 0.0150. The zero-order valence-electron chi connectivity index (χ0n) is 15.5. The quantitative estimate of drug-likeness (QED) is 0.726. The van der Waals surface area contributed by atoms with Gasteiger partial charge >= 0.3 is 6.03 Å². The fraction of sp³-hybridized carbons (Fsp3) is 0.316. The van der Waals surface area contributed by atoms with E-state index in [9.17, 15) is 13.6 Å². The summed E-state index contributed by atoms with van der Waals surface area (Å²) in [7, 11) is 0. The summed E-state index contributed by atoms with van der Waals surface area (Å²) < 4.78 is 30.5. The number of hydrogen-bond donors (Lipinski definition) is 2. The molecule has 1 aromatic carbocycles. The van der Waals surface area contributed by atoms with Crippen molar-refractivity contribution >= 4 is 11.8 Å². The van der Waals surface area contributed by atoms with Crippen LogP contribution < -0.4 is 10.6 Å². The summed E-state index contributed by atoms with van der Waals surface area (Å²) in [5.74, 6) is -0.0660. The van der Waals surface area contributed by atoms with Gasteiger partial charge in [0.2, 0.25) is 0 Å². The lowest BCUT2D eigenvalue weighted by atomic mass is 10.1. The molecule has 4 rings (SSSR count). The maximum absolute atomic E-state index is 14.0. The van der Waals surface area contributed by atoms with Gasteiger partial charge in [0, 0.05) is 43.0 Å². The fourth-order valence-corrected chi connectivity index (χ4v) is 3.47. The van der Waals surface area contributed by atoms with Crippen LogP contribution in [0.1, 0.15) is 23.6 Å². The van der Waals surface area contributed by atoms with Crippen LogP contribution in [0, 0.1) is 25.5 Å². The van der Waals surface area contributed by atoms with Crippen molar-refractivity contribution in [2.75, 3.05) is 5.32 Å². The minimum atomic E-state index is -0.726. The molecule has 0 aliphatic carbocycles. The van der Waals surface area contributed by atoms with Crippen LogP contribution in [0.3, 0.4) is 0 Å². The molecule has 0 fully saturated rings. The van der Waals surface area contributed by atoms with E-state index in [1.807, 2.05) is 13.1 Å². The second-order valence-corrected chi connectivity index (χ2v) is 6.96. The van der Waals surface area contributed by atoms with Crippen molar-refractivity contribution in [3.05, 3.63) is 59.3 Å². The largest absolute Gasteiger partial charge is 0.333 e. The average molecular weight is 386 g/mol. The van der Waals surface area contributed by atoms with Crippen LogP contribution in [0.2, 0.25) is 0 Å². The predicted molar refractivity (Wildman–Crippen MR) is 99.4 cm³/mol. The Bertz CT molecular complexity index is 1040. The van der Waals surface area contributed by atoms with Crippen molar-refractivity contribution < 1.29 is 13.6 Å². The summed E-state index contributed by atoms with van der Waals surface area (Å²) in [5.41, 5.74) is 1.69. The summed E-state index contributed by atoms with van der Waals surface area (Å²) in [4.78, 5) is 16.8. The van der Waals surface area contributed by atoms with Gasteiger partial charge in [-0.3, -0.25) is 5.32 Å². The van der Waals surface area contributed by atoms with Crippen LogP contribution in [0.4, 0.5) is 19.4 Å². The lowest BCUT2D eigenvalue weighted by Crippen LogP contribution is -2.43. The molecular weight excluding hydrogens is 366 g/mol. The van der Waals surface area contributed by atoms with E-state index in [-0.39, 0.29) is 23.6 Å². The van der Waals surface area contributed by atoms with Crippen molar-refractivity contribution in [2.24, 2.45) is 0 Å². The van der Waals surface area contributed by atoms with Crippen molar-refractivity contribution in [2.45, 2.75) is 39.3 Å². The maximum Gasteiger partial charge on any atom is 0.320 e. The van der Waals surface area contributed by atoms with Gasteiger partial charge in [-0.15, -0.1) is 5.10 Å². The molecule has 0 spiro atoms. The maximum atomic E-state index is 14.0. The highest BCUT2D eigenvalue weighted by Crippen LogP contribution is 2.19. The van der Waals surface area contributed by atoms with Gasteiger partial charge in [-0.1, -0.05) is 0 Å². The molecule has 2 aromatic heterocycles. The van der Waals surface area contributed by atoms with Crippen LogP contribution in [0.15, 0.2) is 30.5 Å². The molecule has 3 heterocycles. The highest BCUT2D eigenvalue weighted by molar-refractivity contribution is 5.88. The molecular formula is C19H20F2N6O. The number of urea groups is 1. The van der Waals surface area contributed by atoms with Gasteiger partial charge in [0.05, 0.1) is 5.69 Å². The number of aryl methyl sites for hydroxylation is 3. The number of fused-ring (bicyclic) bond motifs is 1. The fourth-order valence-electron chi connectivity index (χ4n) is 3.47. The molecule has 0 saturated heterocycles. The first-order chi connectivity index (χ1) is 13.4. The molecule has 3 aromatic rings. The van der Waals surface area contributed by atoms with Crippen molar-refractivity contribution in [3.63, 3.8) is 0 Å². The number of rotatable bonds is 3. The first-order valence-corrected chi connectivity index (χ1v) is 9.01. The van der Waals surface area contributed by atoms with Crippen LogP contribution >= 0.6 is 0 Å². The van der Waals surface area contributed by atoms with Crippen molar-refractivity contribution in [1.82, 2.24) is 24.6 Å². The Balaban J connectivity index is 1.43. The number of aromatic nitrogens is 4. The van der Waals surface area contributed by atoms with E-state index in [4.69, 9.17) is 0 Å². The van der Waals surface area contributed by atoms with Crippen LogP contribution in [0.5, 0.6) is 0 Å². The zero-order chi connectivity index (χ0) is 19.8. The molecule has 9 heteroatoms. The van der Waals surface area contributed by atoms with Crippen molar-refractivity contribution in [3.8, 4) is 5.69 Å². The summed E-state index contributed by atoms with van der Waals surface area (Å²) in [5, 5.41) is 9.82. The second kappa shape index (κ2) is 7.06. The van der Waals surface area contributed by atoms with Crippen LogP contribution in [0.25, 0.3) is 5.69 Å². The molecule has 146 valence electrons.